The number of hydrogen-bond donors (Lipinski definition) is 1. The molecule has 1 aliphatic carbocycles. The topological polar surface area (TPSA) is 66.5 Å². The number of rotatable bonds is 4. The second-order valence-corrected chi connectivity index (χ2v) is 8.68. The molecule has 0 aromatic heterocycles. The van der Waals surface area contributed by atoms with Gasteiger partial charge in [0.15, 0.2) is 0 Å². The molecule has 0 spiro atoms. The van der Waals surface area contributed by atoms with E-state index in [4.69, 9.17) is 0 Å². The van der Waals surface area contributed by atoms with Gasteiger partial charge >= 0.3 is 0 Å². The number of hydrogen-bond acceptors (Lipinski definition) is 3. The zero-order valence-corrected chi connectivity index (χ0v) is 14.5. The number of nitrogens with zero attached hydrogens (tertiary/aromatic N) is 1. The predicted molar refractivity (Wildman–Crippen MR) is 89.5 cm³/mol. The summed E-state index contributed by atoms with van der Waals surface area (Å²) in [6.45, 7) is 4.60. The largest absolute Gasteiger partial charge is 0.326 e. The highest BCUT2D eigenvalue weighted by molar-refractivity contribution is 7.89. The van der Waals surface area contributed by atoms with Crippen LogP contribution in [0.3, 0.4) is 0 Å². The van der Waals surface area contributed by atoms with E-state index in [0.717, 1.165) is 25.7 Å². The SMILES string of the molecule is C[C@@H]1C[C@@H]1C(=O)Nc1ccc(S(=O)(=O)N2CCCC[C@@H]2C)cc1. The molecule has 5 nitrogen and oxygen atoms in total. The summed E-state index contributed by atoms with van der Waals surface area (Å²) in [5.74, 6) is 0.584. The molecular formula is C17H24N2O3S. The lowest BCUT2D eigenvalue weighted by atomic mass is 10.1. The van der Waals surface area contributed by atoms with Crippen molar-refractivity contribution in [2.24, 2.45) is 11.8 Å². The van der Waals surface area contributed by atoms with Crippen LogP contribution >= 0.6 is 0 Å². The third-order valence-electron chi connectivity index (χ3n) is 4.92. The second kappa shape index (κ2) is 6.24. The molecule has 23 heavy (non-hydrogen) atoms. The van der Waals surface area contributed by atoms with Crippen LogP contribution in [0, 0.1) is 11.8 Å². The fraction of sp³-hybridized carbons (Fsp3) is 0.588. The van der Waals surface area contributed by atoms with Gasteiger partial charge in [-0.1, -0.05) is 13.3 Å². The molecule has 6 heteroatoms. The Bertz CT molecular complexity index is 684. The molecule has 3 rings (SSSR count). The highest BCUT2D eigenvalue weighted by Gasteiger charge is 2.39. The summed E-state index contributed by atoms with van der Waals surface area (Å²) in [5.41, 5.74) is 0.653. The number of anilines is 1. The van der Waals surface area contributed by atoms with Crippen molar-refractivity contribution in [2.45, 2.75) is 50.5 Å². The second-order valence-electron chi connectivity index (χ2n) is 6.79. The molecule has 2 fully saturated rings. The molecule has 1 heterocycles. The molecule has 0 unspecified atom stereocenters. The molecule has 1 saturated heterocycles. The summed E-state index contributed by atoms with van der Waals surface area (Å²) in [5, 5.41) is 2.85. The summed E-state index contributed by atoms with van der Waals surface area (Å²) in [6, 6.07) is 6.56. The van der Waals surface area contributed by atoms with Crippen LogP contribution in [0.4, 0.5) is 5.69 Å². The minimum atomic E-state index is -3.45. The van der Waals surface area contributed by atoms with Crippen LogP contribution in [0.2, 0.25) is 0 Å². The lowest BCUT2D eigenvalue weighted by molar-refractivity contribution is -0.117. The number of piperidine rings is 1. The van der Waals surface area contributed by atoms with Gasteiger partial charge in [-0.3, -0.25) is 4.79 Å². The van der Waals surface area contributed by atoms with E-state index in [1.165, 1.54) is 0 Å². The fourth-order valence-corrected chi connectivity index (χ4v) is 4.90. The van der Waals surface area contributed by atoms with Crippen molar-refractivity contribution in [3.05, 3.63) is 24.3 Å². The van der Waals surface area contributed by atoms with Gasteiger partial charge in [-0.2, -0.15) is 4.31 Å². The van der Waals surface area contributed by atoms with Crippen LogP contribution in [-0.4, -0.2) is 31.2 Å². The van der Waals surface area contributed by atoms with Crippen molar-refractivity contribution in [3.8, 4) is 0 Å². The maximum Gasteiger partial charge on any atom is 0.243 e. The van der Waals surface area contributed by atoms with Gasteiger partial charge in [-0.05, 0) is 56.4 Å². The Morgan fingerprint density at radius 1 is 1.17 bits per heavy atom. The average molecular weight is 336 g/mol. The fourth-order valence-electron chi connectivity index (χ4n) is 3.20. The van der Waals surface area contributed by atoms with Crippen molar-refractivity contribution < 1.29 is 13.2 Å². The Balaban J connectivity index is 1.72. The molecule has 1 aromatic carbocycles. The maximum absolute atomic E-state index is 12.7. The van der Waals surface area contributed by atoms with E-state index in [0.29, 0.717) is 23.0 Å². The molecule has 1 aliphatic heterocycles. The number of nitrogens with one attached hydrogen (secondary N) is 1. The monoisotopic (exact) mass is 336 g/mol. The van der Waals surface area contributed by atoms with Gasteiger partial charge in [0.2, 0.25) is 15.9 Å². The van der Waals surface area contributed by atoms with Crippen LogP contribution in [-0.2, 0) is 14.8 Å². The Morgan fingerprint density at radius 3 is 2.39 bits per heavy atom. The molecule has 0 radical (unpaired) electrons. The average Bonchev–Trinajstić information content (AvgIpc) is 3.25. The van der Waals surface area contributed by atoms with Gasteiger partial charge in [-0.15, -0.1) is 0 Å². The first kappa shape index (κ1) is 16.5. The lowest BCUT2D eigenvalue weighted by Gasteiger charge is -2.32. The van der Waals surface area contributed by atoms with Gasteiger partial charge in [0.1, 0.15) is 0 Å². The Kier molecular flexibility index (Phi) is 4.47. The van der Waals surface area contributed by atoms with Crippen molar-refractivity contribution in [2.75, 3.05) is 11.9 Å². The summed E-state index contributed by atoms with van der Waals surface area (Å²) in [6.07, 6.45) is 3.84. The van der Waals surface area contributed by atoms with Crippen LogP contribution in [0.5, 0.6) is 0 Å². The Labute approximate surface area is 138 Å². The van der Waals surface area contributed by atoms with E-state index in [-0.39, 0.29) is 17.9 Å². The number of amides is 1. The zero-order valence-electron chi connectivity index (χ0n) is 13.7. The van der Waals surface area contributed by atoms with E-state index in [2.05, 4.69) is 12.2 Å². The van der Waals surface area contributed by atoms with E-state index < -0.39 is 10.0 Å². The first-order valence-electron chi connectivity index (χ1n) is 8.32. The minimum absolute atomic E-state index is 0.0257. The molecule has 3 atom stereocenters. The molecule has 126 valence electrons. The Hall–Kier alpha value is -1.40. The van der Waals surface area contributed by atoms with Crippen LogP contribution in [0.25, 0.3) is 0 Å². The molecule has 1 N–H and O–H groups in total. The van der Waals surface area contributed by atoms with Crippen LogP contribution in [0.15, 0.2) is 29.2 Å². The number of carbonyl (C=O) groups excluding carboxylic acids is 1. The molecule has 0 bridgehead atoms. The molecule has 1 saturated carbocycles. The van der Waals surface area contributed by atoms with Crippen LogP contribution < -0.4 is 5.32 Å². The van der Waals surface area contributed by atoms with Gasteiger partial charge in [0.25, 0.3) is 0 Å². The first-order chi connectivity index (χ1) is 10.9. The first-order valence-corrected chi connectivity index (χ1v) is 9.76. The smallest absolute Gasteiger partial charge is 0.243 e. The summed E-state index contributed by atoms with van der Waals surface area (Å²) in [4.78, 5) is 12.2. The third-order valence-corrected chi connectivity index (χ3v) is 6.94. The number of sulfonamides is 1. The van der Waals surface area contributed by atoms with E-state index >= 15 is 0 Å². The molecular weight excluding hydrogens is 312 g/mol. The lowest BCUT2D eigenvalue weighted by Crippen LogP contribution is -2.41. The quantitative estimate of drug-likeness (QED) is 0.919. The summed E-state index contributed by atoms with van der Waals surface area (Å²) >= 11 is 0. The number of carbonyl (C=O) groups is 1. The standard InChI is InChI=1S/C17H24N2O3S/c1-12-11-16(12)17(20)18-14-6-8-15(9-7-14)23(21,22)19-10-4-3-5-13(19)2/h6-9,12-13,16H,3-5,10-11H2,1-2H3,(H,18,20)/t12-,13+,16+/m1/s1. The van der Waals surface area contributed by atoms with Gasteiger partial charge in [-0.25, -0.2) is 8.42 Å². The van der Waals surface area contributed by atoms with Crippen molar-refractivity contribution >= 4 is 21.6 Å². The van der Waals surface area contributed by atoms with Gasteiger partial charge in [0, 0.05) is 24.2 Å². The zero-order chi connectivity index (χ0) is 16.6. The van der Waals surface area contributed by atoms with Gasteiger partial charge in [0.05, 0.1) is 4.90 Å². The van der Waals surface area contributed by atoms with E-state index in [9.17, 15) is 13.2 Å². The third kappa shape index (κ3) is 3.43. The molecule has 1 aromatic rings. The minimum Gasteiger partial charge on any atom is -0.326 e. The summed E-state index contributed by atoms with van der Waals surface area (Å²) < 4.78 is 27.1. The Morgan fingerprint density at radius 2 is 1.83 bits per heavy atom. The predicted octanol–water partition coefficient (Wildman–Crippen LogP) is 2.84. The van der Waals surface area contributed by atoms with Crippen LogP contribution in [0.1, 0.15) is 39.5 Å². The van der Waals surface area contributed by atoms with Crippen molar-refractivity contribution in [1.29, 1.82) is 0 Å². The normalized spacial score (nSPS) is 28.3. The number of benzene rings is 1. The van der Waals surface area contributed by atoms with E-state index in [1.807, 2.05) is 6.92 Å². The van der Waals surface area contributed by atoms with Crippen molar-refractivity contribution in [3.63, 3.8) is 0 Å². The van der Waals surface area contributed by atoms with E-state index in [1.54, 1.807) is 28.6 Å². The summed E-state index contributed by atoms with van der Waals surface area (Å²) in [7, 11) is -3.45. The highest BCUT2D eigenvalue weighted by Crippen LogP contribution is 2.38. The molecule has 1 amide bonds. The van der Waals surface area contributed by atoms with Gasteiger partial charge < -0.3 is 5.32 Å². The highest BCUT2D eigenvalue weighted by atomic mass is 32.2. The maximum atomic E-state index is 12.7. The molecule has 2 aliphatic rings. The van der Waals surface area contributed by atoms with Crippen molar-refractivity contribution in [1.82, 2.24) is 4.31 Å².